The molecule has 130 valence electrons. The van der Waals surface area contributed by atoms with Crippen molar-refractivity contribution in [1.82, 2.24) is 10.6 Å². The third kappa shape index (κ3) is 3.29. The molecule has 1 amide bonds. The third-order valence-corrected chi connectivity index (χ3v) is 5.19. The monoisotopic (exact) mass is 332 g/mol. The van der Waals surface area contributed by atoms with Crippen molar-refractivity contribution in [2.24, 2.45) is 5.92 Å². The molecule has 2 heterocycles. The molecule has 1 aromatic rings. The molecule has 1 saturated heterocycles. The van der Waals surface area contributed by atoms with Gasteiger partial charge in [0.15, 0.2) is 11.5 Å². The Bertz CT molecular complexity index is 593. The molecule has 4 rings (SSSR count). The molecule has 3 aliphatic rings. The van der Waals surface area contributed by atoms with Crippen LogP contribution in [-0.2, 0) is 4.79 Å². The molecule has 0 radical (unpaired) electrons. The number of rotatable bonds is 5. The van der Waals surface area contributed by atoms with Gasteiger partial charge in [0, 0.05) is 12.1 Å². The summed E-state index contributed by atoms with van der Waals surface area (Å²) in [7, 11) is 0. The summed E-state index contributed by atoms with van der Waals surface area (Å²) >= 11 is 0. The van der Waals surface area contributed by atoms with Crippen LogP contribution in [0.4, 0.5) is 0 Å². The van der Waals surface area contributed by atoms with Gasteiger partial charge in [0.05, 0.1) is 12.6 Å². The lowest BCUT2D eigenvalue weighted by atomic mass is 9.85. The van der Waals surface area contributed by atoms with E-state index in [2.05, 4.69) is 10.6 Å². The SMILES string of the molecule is O=C(NCCOc1ccc2c(c1)OCO2)C1CC2CCCCC2N1. The maximum atomic E-state index is 12.3. The van der Waals surface area contributed by atoms with Gasteiger partial charge in [-0.15, -0.1) is 0 Å². The molecule has 6 heteroatoms. The average Bonchev–Trinajstić information content (AvgIpc) is 3.24. The number of amides is 1. The van der Waals surface area contributed by atoms with E-state index in [1.807, 2.05) is 18.2 Å². The van der Waals surface area contributed by atoms with E-state index in [-0.39, 0.29) is 18.7 Å². The van der Waals surface area contributed by atoms with Crippen LogP contribution in [0.25, 0.3) is 0 Å². The van der Waals surface area contributed by atoms with Crippen molar-refractivity contribution in [1.29, 1.82) is 0 Å². The normalized spacial score (nSPS) is 27.6. The van der Waals surface area contributed by atoms with Crippen molar-refractivity contribution in [3.05, 3.63) is 18.2 Å². The molecule has 24 heavy (non-hydrogen) atoms. The zero-order valence-corrected chi connectivity index (χ0v) is 13.8. The highest BCUT2D eigenvalue weighted by molar-refractivity contribution is 5.82. The molecule has 1 saturated carbocycles. The number of carbonyl (C=O) groups is 1. The highest BCUT2D eigenvalue weighted by Crippen LogP contribution is 2.35. The van der Waals surface area contributed by atoms with Gasteiger partial charge in [-0.2, -0.15) is 0 Å². The number of hydrogen-bond acceptors (Lipinski definition) is 5. The van der Waals surface area contributed by atoms with E-state index in [1.165, 1.54) is 25.7 Å². The van der Waals surface area contributed by atoms with Crippen LogP contribution >= 0.6 is 0 Å². The first-order valence-electron chi connectivity index (χ1n) is 8.86. The van der Waals surface area contributed by atoms with Crippen LogP contribution in [0.5, 0.6) is 17.2 Å². The van der Waals surface area contributed by atoms with Crippen molar-refractivity contribution in [3.8, 4) is 17.2 Å². The van der Waals surface area contributed by atoms with Crippen molar-refractivity contribution in [3.63, 3.8) is 0 Å². The molecule has 0 aromatic heterocycles. The Labute approximate surface area is 141 Å². The zero-order chi connectivity index (χ0) is 16.4. The first kappa shape index (κ1) is 15.6. The molecular formula is C18H24N2O4. The molecule has 1 aliphatic carbocycles. The van der Waals surface area contributed by atoms with Crippen LogP contribution < -0.4 is 24.8 Å². The van der Waals surface area contributed by atoms with E-state index in [0.717, 1.165) is 17.9 Å². The molecule has 2 fully saturated rings. The molecule has 6 nitrogen and oxygen atoms in total. The number of fused-ring (bicyclic) bond motifs is 2. The summed E-state index contributed by atoms with van der Waals surface area (Å²) in [6.45, 7) is 1.19. The fourth-order valence-electron chi connectivity index (χ4n) is 3.95. The summed E-state index contributed by atoms with van der Waals surface area (Å²) in [6, 6.07) is 6.00. The minimum atomic E-state index is -0.0383. The van der Waals surface area contributed by atoms with Crippen LogP contribution in [0.1, 0.15) is 32.1 Å². The highest BCUT2D eigenvalue weighted by atomic mass is 16.7. The number of ether oxygens (including phenoxy) is 3. The van der Waals surface area contributed by atoms with Gasteiger partial charge >= 0.3 is 0 Å². The molecular weight excluding hydrogens is 308 g/mol. The van der Waals surface area contributed by atoms with E-state index in [0.29, 0.717) is 30.9 Å². The quantitative estimate of drug-likeness (QED) is 0.805. The molecule has 3 unspecified atom stereocenters. The summed E-state index contributed by atoms with van der Waals surface area (Å²) in [5, 5.41) is 6.47. The van der Waals surface area contributed by atoms with Crippen molar-refractivity contribution in [2.75, 3.05) is 19.9 Å². The Morgan fingerprint density at radius 1 is 1.25 bits per heavy atom. The molecule has 0 bridgehead atoms. The van der Waals surface area contributed by atoms with Gasteiger partial charge in [-0.1, -0.05) is 12.8 Å². The van der Waals surface area contributed by atoms with Crippen molar-refractivity contribution >= 4 is 5.91 Å². The minimum Gasteiger partial charge on any atom is -0.492 e. The molecule has 1 aromatic carbocycles. The largest absolute Gasteiger partial charge is 0.492 e. The second-order valence-electron chi connectivity index (χ2n) is 6.76. The van der Waals surface area contributed by atoms with Crippen LogP contribution in [0.2, 0.25) is 0 Å². The van der Waals surface area contributed by atoms with Gasteiger partial charge in [-0.25, -0.2) is 0 Å². The van der Waals surface area contributed by atoms with Gasteiger partial charge in [0.2, 0.25) is 12.7 Å². The standard InChI is InChI=1S/C18H24N2O4/c21-18(15-9-12-3-1-2-4-14(12)20-15)19-7-8-22-13-5-6-16-17(10-13)24-11-23-16/h5-6,10,12,14-15,20H,1-4,7-9,11H2,(H,19,21). The fraction of sp³-hybridized carbons (Fsp3) is 0.611. The van der Waals surface area contributed by atoms with Crippen LogP contribution in [0.3, 0.4) is 0 Å². The maximum absolute atomic E-state index is 12.3. The van der Waals surface area contributed by atoms with E-state index in [9.17, 15) is 4.79 Å². The van der Waals surface area contributed by atoms with E-state index < -0.39 is 0 Å². The number of benzene rings is 1. The Kier molecular flexibility index (Phi) is 4.47. The summed E-state index contributed by atoms with van der Waals surface area (Å²) < 4.78 is 16.3. The fourth-order valence-corrected chi connectivity index (χ4v) is 3.95. The van der Waals surface area contributed by atoms with Crippen LogP contribution in [0.15, 0.2) is 18.2 Å². The molecule has 3 atom stereocenters. The van der Waals surface area contributed by atoms with Gasteiger partial charge in [0.1, 0.15) is 12.4 Å². The lowest BCUT2D eigenvalue weighted by molar-refractivity contribution is -0.123. The number of nitrogens with one attached hydrogen (secondary N) is 2. The lowest BCUT2D eigenvalue weighted by Gasteiger charge is -2.24. The highest BCUT2D eigenvalue weighted by Gasteiger charge is 2.37. The smallest absolute Gasteiger partial charge is 0.237 e. The van der Waals surface area contributed by atoms with E-state index in [4.69, 9.17) is 14.2 Å². The number of carbonyl (C=O) groups excluding carboxylic acids is 1. The Morgan fingerprint density at radius 2 is 2.12 bits per heavy atom. The number of hydrogen-bond donors (Lipinski definition) is 2. The molecule has 2 aliphatic heterocycles. The third-order valence-electron chi connectivity index (χ3n) is 5.19. The Morgan fingerprint density at radius 3 is 3.04 bits per heavy atom. The topological polar surface area (TPSA) is 68.8 Å². The predicted octanol–water partition coefficient (Wildman–Crippen LogP) is 1.83. The maximum Gasteiger partial charge on any atom is 0.237 e. The van der Waals surface area contributed by atoms with E-state index in [1.54, 1.807) is 0 Å². The summed E-state index contributed by atoms with van der Waals surface area (Å²) in [6.07, 6.45) is 6.03. The van der Waals surface area contributed by atoms with Crippen molar-refractivity contribution < 1.29 is 19.0 Å². The average molecular weight is 332 g/mol. The van der Waals surface area contributed by atoms with Crippen molar-refractivity contribution in [2.45, 2.75) is 44.2 Å². The summed E-state index contributed by atoms with van der Waals surface area (Å²) in [5.41, 5.74) is 0. The second-order valence-corrected chi connectivity index (χ2v) is 6.76. The summed E-state index contributed by atoms with van der Waals surface area (Å²) in [4.78, 5) is 12.3. The van der Waals surface area contributed by atoms with Gasteiger partial charge < -0.3 is 24.8 Å². The Hall–Kier alpha value is -1.95. The van der Waals surface area contributed by atoms with Gasteiger partial charge in [-0.05, 0) is 37.3 Å². The lowest BCUT2D eigenvalue weighted by Crippen LogP contribution is -2.44. The van der Waals surface area contributed by atoms with E-state index >= 15 is 0 Å². The first-order chi connectivity index (χ1) is 11.8. The predicted molar refractivity (Wildman–Crippen MR) is 88.4 cm³/mol. The van der Waals surface area contributed by atoms with Crippen LogP contribution in [0, 0.1) is 5.92 Å². The molecule has 2 N–H and O–H groups in total. The first-order valence-corrected chi connectivity index (χ1v) is 8.86. The zero-order valence-electron chi connectivity index (χ0n) is 13.8. The summed E-state index contributed by atoms with van der Waals surface area (Å²) in [5.74, 6) is 2.94. The second kappa shape index (κ2) is 6.89. The van der Waals surface area contributed by atoms with Crippen LogP contribution in [-0.4, -0.2) is 37.9 Å². The Balaban J connectivity index is 1.19. The van der Waals surface area contributed by atoms with Gasteiger partial charge in [-0.3, -0.25) is 4.79 Å². The minimum absolute atomic E-state index is 0.0383. The molecule has 0 spiro atoms. The van der Waals surface area contributed by atoms with Gasteiger partial charge in [0.25, 0.3) is 0 Å².